The van der Waals surface area contributed by atoms with Crippen LogP contribution in [0.4, 0.5) is 4.79 Å². The van der Waals surface area contributed by atoms with Crippen LogP contribution >= 0.6 is 0 Å². The largest absolute Gasteiger partial charge is 0.496 e. The van der Waals surface area contributed by atoms with Crippen molar-refractivity contribution in [3.05, 3.63) is 29.8 Å². The minimum Gasteiger partial charge on any atom is -0.496 e. The molecule has 1 aliphatic carbocycles. The van der Waals surface area contributed by atoms with E-state index in [4.69, 9.17) is 9.47 Å². The average Bonchev–Trinajstić information content (AvgIpc) is 2.92. The van der Waals surface area contributed by atoms with Crippen LogP contribution < -0.4 is 10.1 Å². The van der Waals surface area contributed by atoms with Crippen LogP contribution in [0.2, 0.25) is 0 Å². The van der Waals surface area contributed by atoms with Crippen molar-refractivity contribution in [1.82, 2.24) is 5.32 Å². The van der Waals surface area contributed by atoms with E-state index >= 15 is 0 Å². The number of nitrogens with one attached hydrogen (secondary N) is 1. The number of para-hydroxylation sites is 1. The van der Waals surface area contributed by atoms with Gasteiger partial charge in [0.1, 0.15) is 11.4 Å². The molecule has 1 amide bonds. The Morgan fingerprint density at radius 3 is 2.52 bits per heavy atom. The van der Waals surface area contributed by atoms with Crippen molar-refractivity contribution in [3.63, 3.8) is 0 Å². The predicted octanol–water partition coefficient (Wildman–Crippen LogP) is 3.57. The van der Waals surface area contributed by atoms with E-state index in [0.29, 0.717) is 17.7 Å². The third-order valence-electron chi connectivity index (χ3n) is 3.90. The van der Waals surface area contributed by atoms with Gasteiger partial charge < -0.3 is 14.8 Å². The Bertz CT molecular complexity index is 577. The summed E-state index contributed by atoms with van der Waals surface area (Å²) in [4.78, 5) is 24.5. The van der Waals surface area contributed by atoms with E-state index in [2.05, 4.69) is 5.32 Å². The quantitative estimate of drug-likeness (QED) is 0.862. The fraction of sp³-hybridized carbons (Fsp3) is 0.556. The van der Waals surface area contributed by atoms with Gasteiger partial charge in [0.25, 0.3) is 0 Å². The molecule has 0 unspecified atom stereocenters. The van der Waals surface area contributed by atoms with Gasteiger partial charge in [0.2, 0.25) is 0 Å². The Morgan fingerprint density at radius 1 is 1.17 bits per heavy atom. The molecule has 0 radical (unpaired) electrons. The normalized spacial score (nSPS) is 20.9. The summed E-state index contributed by atoms with van der Waals surface area (Å²) in [6, 6.07) is 7.24. The molecular formula is C18H25NO4. The van der Waals surface area contributed by atoms with E-state index in [1.165, 1.54) is 0 Å². The molecule has 1 aromatic rings. The first-order valence-corrected chi connectivity index (χ1v) is 7.97. The summed E-state index contributed by atoms with van der Waals surface area (Å²) < 4.78 is 10.5. The molecule has 23 heavy (non-hydrogen) atoms. The second kappa shape index (κ2) is 7.02. The smallest absolute Gasteiger partial charge is 0.407 e. The number of hydrogen-bond donors (Lipinski definition) is 1. The molecule has 1 aliphatic rings. The van der Waals surface area contributed by atoms with Crippen LogP contribution in [-0.2, 0) is 4.74 Å². The number of methoxy groups -OCH3 is 1. The molecule has 5 nitrogen and oxygen atoms in total. The number of rotatable bonds is 4. The molecule has 0 aromatic heterocycles. The third kappa shape index (κ3) is 4.71. The first-order chi connectivity index (χ1) is 10.8. The Kier molecular flexibility index (Phi) is 5.29. The molecule has 2 atom stereocenters. The van der Waals surface area contributed by atoms with Crippen LogP contribution in [-0.4, -0.2) is 30.6 Å². The zero-order valence-corrected chi connectivity index (χ0v) is 14.2. The summed E-state index contributed by atoms with van der Waals surface area (Å²) in [6.45, 7) is 5.49. The summed E-state index contributed by atoms with van der Waals surface area (Å²) in [5, 5.41) is 2.86. The molecule has 126 valence electrons. The number of benzene rings is 1. The maximum Gasteiger partial charge on any atom is 0.407 e. The van der Waals surface area contributed by atoms with Crippen molar-refractivity contribution in [2.75, 3.05) is 7.11 Å². The fourth-order valence-corrected chi connectivity index (χ4v) is 2.89. The van der Waals surface area contributed by atoms with Gasteiger partial charge in [0.05, 0.1) is 12.7 Å². The highest BCUT2D eigenvalue weighted by Crippen LogP contribution is 2.31. The molecule has 1 aromatic carbocycles. The average molecular weight is 319 g/mol. The third-order valence-corrected chi connectivity index (χ3v) is 3.90. The minimum atomic E-state index is -0.519. The molecule has 0 aliphatic heterocycles. The van der Waals surface area contributed by atoms with Crippen LogP contribution in [0.25, 0.3) is 0 Å². The van der Waals surface area contributed by atoms with E-state index < -0.39 is 11.7 Å². The second-order valence-electron chi connectivity index (χ2n) is 6.92. The number of alkyl carbamates (subject to hydrolysis) is 1. The molecule has 0 heterocycles. The van der Waals surface area contributed by atoms with Crippen molar-refractivity contribution in [2.24, 2.45) is 5.92 Å². The lowest BCUT2D eigenvalue weighted by Crippen LogP contribution is -2.38. The van der Waals surface area contributed by atoms with Crippen molar-refractivity contribution < 1.29 is 19.1 Å². The van der Waals surface area contributed by atoms with Crippen LogP contribution in [0.15, 0.2) is 24.3 Å². The maximum absolute atomic E-state index is 12.7. The summed E-state index contributed by atoms with van der Waals surface area (Å²) in [6.07, 6.45) is 1.76. The zero-order valence-electron chi connectivity index (χ0n) is 14.2. The molecule has 1 saturated carbocycles. The SMILES string of the molecule is COc1ccccc1C(=O)[C@H]1CC[C@@H](NC(=O)OC(C)(C)C)C1. The lowest BCUT2D eigenvalue weighted by Gasteiger charge is -2.21. The molecule has 0 spiro atoms. The molecule has 5 heteroatoms. The predicted molar refractivity (Wildman–Crippen MR) is 87.8 cm³/mol. The standard InChI is InChI=1S/C18H25NO4/c1-18(2,3)23-17(21)19-13-10-9-12(11-13)16(20)14-7-5-6-8-15(14)22-4/h5-8,12-13H,9-11H2,1-4H3,(H,19,21)/t12-,13+/m0/s1. The van der Waals surface area contributed by atoms with Crippen molar-refractivity contribution in [3.8, 4) is 5.75 Å². The number of hydrogen-bond acceptors (Lipinski definition) is 4. The minimum absolute atomic E-state index is 0.0199. The van der Waals surface area contributed by atoms with Gasteiger partial charge in [-0.2, -0.15) is 0 Å². The summed E-state index contributed by atoms with van der Waals surface area (Å²) in [5.74, 6) is 0.586. The first kappa shape index (κ1) is 17.3. The van der Waals surface area contributed by atoms with Crippen molar-refractivity contribution in [1.29, 1.82) is 0 Å². The summed E-state index contributed by atoms with van der Waals surface area (Å²) in [5.41, 5.74) is 0.0906. The monoisotopic (exact) mass is 319 g/mol. The number of ketones is 1. The molecule has 0 bridgehead atoms. The van der Waals surface area contributed by atoms with Gasteiger partial charge in [0, 0.05) is 12.0 Å². The molecule has 1 fully saturated rings. The topological polar surface area (TPSA) is 64.6 Å². The van der Waals surface area contributed by atoms with Gasteiger partial charge in [0.15, 0.2) is 5.78 Å². The lowest BCUT2D eigenvalue weighted by atomic mass is 9.95. The number of Topliss-reactive ketones (excluding diaryl/α,β-unsaturated/α-hetero) is 1. The highest BCUT2D eigenvalue weighted by Gasteiger charge is 2.33. The molecular weight excluding hydrogens is 294 g/mol. The number of amides is 1. The van der Waals surface area contributed by atoms with Gasteiger partial charge in [-0.3, -0.25) is 4.79 Å². The van der Waals surface area contributed by atoms with Crippen molar-refractivity contribution >= 4 is 11.9 Å². The highest BCUT2D eigenvalue weighted by atomic mass is 16.6. The van der Waals surface area contributed by atoms with E-state index in [1.807, 2.05) is 32.9 Å². The van der Waals surface area contributed by atoms with Gasteiger partial charge in [-0.05, 0) is 52.2 Å². The van der Waals surface area contributed by atoms with E-state index in [9.17, 15) is 9.59 Å². The van der Waals surface area contributed by atoms with Gasteiger partial charge in [-0.15, -0.1) is 0 Å². The molecule has 2 rings (SSSR count). The summed E-state index contributed by atoms with van der Waals surface area (Å²) >= 11 is 0. The van der Waals surface area contributed by atoms with Crippen molar-refractivity contribution in [2.45, 2.75) is 51.7 Å². The summed E-state index contributed by atoms with van der Waals surface area (Å²) in [7, 11) is 1.56. The van der Waals surface area contributed by atoms with E-state index in [1.54, 1.807) is 19.2 Å². The van der Waals surface area contributed by atoms with E-state index in [0.717, 1.165) is 12.8 Å². The molecule has 0 saturated heterocycles. The van der Waals surface area contributed by atoms with Gasteiger partial charge in [-0.25, -0.2) is 4.79 Å². The Balaban J connectivity index is 1.95. The van der Waals surface area contributed by atoms with Crippen LogP contribution in [0.1, 0.15) is 50.4 Å². The number of carbonyl (C=O) groups excluding carboxylic acids is 2. The van der Waals surface area contributed by atoms with Crippen LogP contribution in [0.5, 0.6) is 5.75 Å². The van der Waals surface area contributed by atoms with Gasteiger partial charge in [-0.1, -0.05) is 12.1 Å². The Hall–Kier alpha value is -2.04. The molecule has 1 N–H and O–H groups in total. The van der Waals surface area contributed by atoms with Crippen LogP contribution in [0, 0.1) is 5.92 Å². The van der Waals surface area contributed by atoms with Crippen LogP contribution in [0.3, 0.4) is 0 Å². The highest BCUT2D eigenvalue weighted by molar-refractivity contribution is 6.00. The number of carbonyl (C=O) groups is 2. The first-order valence-electron chi connectivity index (χ1n) is 7.97. The maximum atomic E-state index is 12.7. The zero-order chi connectivity index (χ0) is 17.0. The Morgan fingerprint density at radius 2 is 1.87 bits per heavy atom. The number of ether oxygens (including phenoxy) is 2. The van der Waals surface area contributed by atoms with E-state index in [-0.39, 0.29) is 17.7 Å². The van der Waals surface area contributed by atoms with Gasteiger partial charge >= 0.3 is 6.09 Å². The second-order valence-corrected chi connectivity index (χ2v) is 6.92. The Labute approximate surface area is 137 Å². The lowest BCUT2D eigenvalue weighted by molar-refractivity contribution is 0.0503. The fourth-order valence-electron chi connectivity index (χ4n) is 2.89.